The molecule has 0 saturated carbocycles. The fourth-order valence-electron chi connectivity index (χ4n) is 2.10. The second-order valence-electron chi connectivity index (χ2n) is 4.96. The molecule has 2 aromatic rings. The maximum absolute atomic E-state index is 12.0. The Morgan fingerprint density at radius 2 is 1.80 bits per heavy atom. The van der Waals surface area contributed by atoms with E-state index in [1.807, 2.05) is 30.3 Å². The van der Waals surface area contributed by atoms with Crippen molar-refractivity contribution in [2.45, 2.75) is 3.79 Å². The van der Waals surface area contributed by atoms with Crippen LogP contribution >= 0.6 is 46.4 Å². The lowest BCUT2D eigenvalue weighted by molar-refractivity contribution is -0.115. The lowest BCUT2D eigenvalue weighted by Crippen LogP contribution is -2.28. The van der Waals surface area contributed by atoms with Gasteiger partial charge in [0.2, 0.25) is 0 Å². The molecule has 8 heteroatoms. The molecule has 0 heterocycles. The summed E-state index contributed by atoms with van der Waals surface area (Å²) in [4.78, 5) is 16.4. The molecule has 0 bridgehead atoms. The first-order chi connectivity index (χ1) is 11.8. The number of hydrogen-bond donors (Lipinski definition) is 2. The van der Waals surface area contributed by atoms with Gasteiger partial charge in [0, 0.05) is 16.1 Å². The Bertz CT molecular complexity index is 774. The number of amides is 1. The predicted molar refractivity (Wildman–Crippen MR) is 104 cm³/mol. The smallest absolute Gasteiger partial charge is 0.276 e. The molecule has 0 aromatic heterocycles. The van der Waals surface area contributed by atoms with Crippen LogP contribution in [0.4, 0.5) is 5.69 Å². The number of nitrogens with zero attached hydrogens (tertiary/aromatic N) is 1. The quantitative estimate of drug-likeness (QED) is 0.554. The molecule has 0 unspecified atom stereocenters. The summed E-state index contributed by atoms with van der Waals surface area (Å²) in [6, 6.07) is 14.2. The molecule has 0 atom stereocenters. The second-order valence-corrected chi connectivity index (χ2v) is 7.68. The number of carbonyl (C=O) groups excluding carboxylic acids is 1. The molecule has 2 N–H and O–H groups in total. The Hall–Kier alpha value is -1.30. The molecular formula is C17H14Cl4N2O2. The van der Waals surface area contributed by atoms with Crippen LogP contribution < -0.4 is 5.32 Å². The number of rotatable bonds is 5. The van der Waals surface area contributed by atoms with Crippen molar-refractivity contribution in [2.75, 3.05) is 18.5 Å². The van der Waals surface area contributed by atoms with E-state index < -0.39 is 9.70 Å². The fraction of sp³-hybridized carbons (Fsp3) is 0.176. The minimum atomic E-state index is -2.11. The number of aliphatic hydroxyl groups is 1. The van der Waals surface area contributed by atoms with Crippen molar-refractivity contribution in [3.05, 3.63) is 64.7 Å². The molecule has 0 aliphatic heterocycles. The number of alkyl halides is 3. The largest absolute Gasteiger partial charge is 0.394 e. The van der Waals surface area contributed by atoms with Crippen LogP contribution in [0, 0.1) is 0 Å². The minimum absolute atomic E-state index is 0.118. The molecule has 2 aromatic carbocycles. The molecule has 132 valence electrons. The van der Waals surface area contributed by atoms with Crippen molar-refractivity contribution in [3.63, 3.8) is 0 Å². The van der Waals surface area contributed by atoms with Crippen LogP contribution in [-0.4, -0.2) is 33.7 Å². The number of aliphatic imine (C=N–C) groups is 1. The SMILES string of the molecule is O=C(Nc1ccc(Cl)cc1/C(=N\CCO)c1ccccc1)C(Cl)(Cl)Cl. The summed E-state index contributed by atoms with van der Waals surface area (Å²) >= 11 is 23.0. The zero-order valence-corrected chi connectivity index (χ0v) is 15.9. The third-order valence-corrected chi connectivity index (χ3v) is 3.91. The standard InChI is InChI=1S/C17H14Cl4N2O2/c18-12-6-7-14(23-16(25)17(19,20)21)13(10-12)15(22-8-9-24)11-4-2-1-3-5-11/h1-7,10,24H,8-9H2,(H,23,25)/b22-15-. The lowest BCUT2D eigenvalue weighted by atomic mass is 10.0. The van der Waals surface area contributed by atoms with Gasteiger partial charge in [0.15, 0.2) is 0 Å². The van der Waals surface area contributed by atoms with Gasteiger partial charge < -0.3 is 10.4 Å². The molecule has 1 amide bonds. The summed E-state index contributed by atoms with van der Waals surface area (Å²) in [5, 5.41) is 12.2. The molecule has 0 saturated heterocycles. The number of hydrogen-bond acceptors (Lipinski definition) is 3. The van der Waals surface area contributed by atoms with E-state index in [1.54, 1.807) is 18.2 Å². The van der Waals surface area contributed by atoms with Gasteiger partial charge in [0.05, 0.1) is 24.6 Å². The maximum atomic E-state index is 12.0. The average Bonchev–Trinajstić information content (AvgIpc) is 2.57. The van der Waals surface area contributed by atoms with Crippen LogP contribution in [0.5, 0.6) is 0 Å². The first-order valence-corrected chi connectivity index (χ1v) is 8.73. The summed E-state index contributed by atoms with van der Waals surface area (Å²) in [6.07, 6.45) is 0. The molecule has 0 radical (unpaired) electrons. The monoisotopic (exact) mass is 418 g/mol. The van der Waals surface area contributed by atoms with Crippen LogP contribution in [0.25, 0.3) is 0 Å². The molecular weight excluding hydrogens is 406 g/mol. The number of anilines is 1. The highest BCUT2D eigenvalue weighted by Gasteiger charge is 2.31. The van der Waals surface area contributed by atoms with E-state index in [0.29, 0.717) is 22.0 Å². The van der Waals surface area contributed by atoms with Crippen molar-refractivity contribution in [1.82, 2.24) is 0 Å². The van der Waals surface area contributed by atoms with Crippen molar-refractivity contribution < 1.29 is 9.90 Å². The highest BCUT2D eigenvalue weighted by atomic mass is 35.6. The molecule has 0 aliphatic carbocycles. The summed E-state index contributed by atoms with van der Waals surface area (Å²) in [5.74, 6) is -0.796. The zero-order valence-electron chi connectivity index (χ0n) is 12.8. The van der Waals surface area contributed by atoms with Crippen molar-refractivity contribution in [1.29, 1.82) is 0 Å². The van der Waals surface area contributed by atoms with Crippen LogP contribution in [0.3, 0.4) is 0 Å². The van der Waals surface area contributed by atoms with Crippen molar-refractivity contribution >= 4 is 63.7 Å². The van der Waals surface area contributed by atoms with E-state index in [9.17, 15) is 4.79 Å². The number of benzene rings is 2. The van der Waals surface area contributed by atoms with Gasteiger partial charge in [-0.15, -0.1) is 0 Å². The van der Waals surface area contributed by atoms with E-state index in [1.165, 1.54) is 0 Å². The summed E-state index contributed by atoms with van der Waals surface area (Å²) < 4.78 is -2.11. The van der Waals surface area contributed by atoms with E-state index in [0.717, 1.165) is 5.56 Å². The molecule has 0 aliphatic rings. The van der Waals surface area contributed by atoms with Crippen LogP contribution in [0.15, 0.2) is 53.5 Å². The van der Waals surface area contributed by atoms with Gasteiger partial charge in [-0.1, -0.05) is 76.7 Å². The summed E-state index contributed by atoms with van der Waals surface area (Å²) in [6.45, 7) is 0.0708. The third kappa shape index (κ3) is 5.59. The van der Waals surface area contributed by atoms with Gasteiger partial charge in [0.1, 0.15) is 0 Å². The molecule has 2 rings (SSSR count). The Kier molecular flexibility index (Phi) is 7.11. The second kappa shape index (κ2) is 8.88. The molecule has 0 spiro atoms. The minimum Gasteiger partial charge on any atom is -0.394 e. The Morgan fingerprint density at radius 3 is 2.40 bits per heavy atom. The van der Waals surface area contributed by atoms with Gasteiger partial charge in [0.25, 0.3) is 9.70 Å². The van der Waals surface area contributed by atoms with Crippen LogP contribution in [-0.2, 0) is 4.79 Å². The van der Waals surface area contributed by atoms with Crippen LogP contribution in [0.2, 0.25) is 5.02 Å². The van der Waals surface area contributed by atoms with E-state index in [2.05, 4.69) is 10.3 Å². The Labute approximate surface area is 165 Å². The van der Waals surface area contributed by atoms with Gasteiger partial charge in [-0.3, -0.25) is 9.79 Å². The normalized spacial score (nSPS) is 12.1. The highest BCUT2D eigenvalue weighted by Crippen LogP contribution is 2.30. The molecule has 4 nitrogen and oxygen atoms in total. The topological polar surface area (TPSA) is 61.7 Å². The first-order valence-electron chi connectivity index (χ1n) is 7.21. The van der Waals surface area contributed by atoms with Gasteiger partial charge in [-0.2, -0.15) is 0 Å². The summed E-state index contributed by atoms with van der Waals surface area (Å²) in [5.41, 5.74) is 2.29. The number of nitrogens with one attached hydrogen (secondary N) is 1. The van der Waals surface area contributed by atoms with E-state index in [-0.39, 0.29) is 13.2 Å². The van der Waals surface area contributed by atoms with E-state index in [4.69, 9.17) is 51.5 Å². The highest BCUT2D eigenvalue weighted by molar-refractivity contribution is 6.76. The number of carbonyl (C=O) groups is 1. The average molecular weight is 420 g/mol. The van der Waals surface area contributed by atoms with Crippen molar-refractivity contribution in [3.8, 4) is 0 Å². The fourth-order valence-corrected chi connectivity index (χ4v) is 2.42. The third-order valence-electron chi connectivity index (χ3n) is 3.16. The van der Waals surface area contributed by atoms with Gasteiger partial charge in [-0.25, -0.2) is 0 Å². The van der Waals surface area contributed by atoms with Gasteiger partial charge >= 0.3 is 0 Å². The number of aliphatic hydroxyl groups excluding tert-OH is 1. The zero-order chi connectivity index (χ0) is 18.4. The lowest BCUT2D eigenvalue weighted by Gasteiger charge is -2.17. The number of halogens is 4. The Balaban J connectivity index is 2.53. The predicted octanol–water partition coefficient (Wildman–Crippen LogP) is 4.48. The maximum Gasteiger partial charge on any atom is 0.276 e. The van der Waals surface area contributed by atoms with Gasteiger partial charge in [-0.05, 0) is 18.2 Å². The van der Waals surface area contributed by atoms with Crippen LogP contribution in [0.1, 0.15) is 11.1 Å². The Morgan fingerprint density at radius 1 is 1.12 bits per heavy atom. The molecule has 25 heavy (non-hydrogen) atoms. The van der Waals surface area contributed by atoms with E-state index >= 15 is 0 Å². The summed E-state index contributed by atoms with van der Waals surface area (Å²) in [7, 11) is 0. The molecule has 0 fully saturated rings. The van der Waals surface area contributed by atoms with Crippen molar-refractivity contribution in [2.24, 2.45) is 4.99 Å². The first kappa shape index (κ1) is 20.0.